The number of aromatic nitrogens is 2. The quantitative estimate of drug-likeness (QED) is 0.864. The van der Waals surface area contributed by atoms with E-state index in [2.05, 4.69) is 34.3 Å². The van der Waals surface area contributed by atoms with E-state index in [-0.39, 0.29) is 29.4 Å². The summed E-state index contributed by atoms with van der Waals surface area (Å²) in [5, 5.41) is 10.2. The average Bonchev–Trinajstić information content (AvgIpc) is 2.54. The third-order valence-electron chi connectivity index (χ3n) is 4.12. The minimum absolute atomic E-state index is 0.203. The first-order chi connectivity index (χ1) is 11.5. The van der Waals surface area contributed by atoms with Crippen LogP contribution in [0, 0.1) is 0 Å². The molecule has 0 unspecified atom stereocenters. The number of nitrogens with zero attached hydrogens (tertiary/aromatic N) is 2. The van der Waals surface area contributed by atoms with Crippen molar-refractivity contribution in [3.63, 3.8) is 0 Å². The predicted octanol–water partition coefficient (Wildman–Crippen LogP) is 0.762. The number of morpholine rings is 1. The Kier molecular flexibility index (Phi) is 4.92. The smallest absolute Gasteiger partial charge is 0.272 e. The zero-order chi connectivity index (χ0) is 17.1. The number of carbonyl (C=O) groups is 1. The Labute approximate surface area is 140 Å². The van der Waals surface area contributed by atoms with E-state index < -0.39 is 0 Å². The van der Waals surface area contributed by atoms with Crippen molar-refractivity contribution in [3.05, 3.63) is 40.3 Å². The molecule has 1 amide bonds. The molecule has 0 saturated carbocycles. The molecule has 1 aromatic heterocycles. The lowest BCUT2D eigenvalue weighted by molar-refractivity contribution is -0.0672. The molecule has 0 spiro atoms. The summed E-state index contributed by atoms with van der Waals surface area (Å²) >= 11 is 0. The van der Waals surface area contributed by atoms with Gasteiger partial charge in [-0.3, -0.25) is 14.5 Å². The van der Waals surface area contributed by atoms with Gasteiger partial charge in [0.2, 0.25) is 0 Å². The summed E-state index contributed by atoms with van der Waals surface area (Å²) in [6.45, 7) is 7.10. The first-order valence-electron chi connectivity index (χ1n) is 8.18. The van der Waals surface area contributed by atoms with Crippen LogP contribution in [0.2, 0.25) is 0 Å². The molecule has 1 saturated heterocycles. The lowest BCUT2D eigenvalue weighted by atomic mass is 10.1. The summed E-state index contributed by atoms with van der Waals surface area (Å²) in [6, 6.07) is 6.97. The van der Waals surface area contributed by atoms with E-state index in [0.717, 1.165) is 19.6 Å². The fourth-order valence-electron chi connectivity index (χ4n) is 3.17. The lowest BCUT2D eigenvalue weighted by Gasteiger charge is -2.35. The van der Waals surface area contributed by atoms with Crippen molar-refractivity contribution in [1.82, 2.24) is 20.4 Å². The van der Waals surface area contributed by atoms with Crippen LogP contribution < -0.4 is 10.9 Å². The first-order valence-corrected chi connectivity index (χ1v) is 8.18. The monoisotopic (exact) mass is 330 g/mol. The molecule has 0 radical (unpaired) electrons. The van der Waals surface area contributed by atoms with Gasteiger partial charge in [0, 0.05) is 31.6 Å². The molecule has 7 heteroatoms. The van der Waals surface area contributed by atoms with Gasteiger partial charge in [-0.1, -0.05) is 18.2 Å². The van der Waals surface area contributed by atoms with Gasteiger partial charge in [-0.2, -0.15) is 5.10 Å². The highest BCUT2D eigenvalue weighted by atomic mass is 16.5. The second-order valence-corrected chi connectivity index (χ2v) is 6.22. The molecule has 1 aliphatic rings. The van der Waals surface area contributed by atoms with Gasteiger partial charge >= 0.3 is 0 Å². The van der Waals surface area contributed by atoms with Gasteiger partial charge in [-0.05, 0) is 19.9 Å². The maximum atomic E-state index is 12.4. The van der Waals surface area contributed by atoms with Crippen LogP contribution in [0.5, 0.6) is 0 Å². The minimum Gasteiger partial charge on any atom is -0.373 e. The van der Waals surface area contributed by atoms with Crippen molar-refractivity contribution >= 4 is 16.7 Å². The molecular weight excluding hydrogens is 308 g/mol. The molecule has 3 rings (SSSR count). The van der Waals surface area contributed by atoms with E-state index in [1.165, 1.54) is 0 Å². The van der Waals surface area contributed by atoms with Crippen LogP contribution in [0.3, 0.4) is 0 Å². The van der Waals surface area contributed by atoms with E-state index in [9.17, 15) is 9.59 Å². The van der Waals surface area contributed by atoms with Crippen LogP contribution in [0.1, 0.15) is 24.3 Å². The number of H-pyrrole nitrogens is 1. The van der Waals surface area contributed by atoms with Crippen LogP contribution in [0.25, 0.3) is 10.8 Å². The van der Waals surface area contributed by atoms with E-state index in [4.69, 9.17) is 4.74 Å². The summed E-state index contributed by atoms with van der Waals surface area (Å²) in [5.74, 6) is -0.281. The molecular formula is C17H22N4O3. The molecule has 1 aliphatic heterocycles. The van der Waals surface area contributed by atoms with Gasteiger partial charge in [0.1, 0.15) is 0 Å². The Balaban J connectivity index is 1.64. The third-order valence-corrected chi connectivity index (χ3v) is 4.12. The van der Waals surface area contributed by atoms with E-state index in [1.54, 1.807) is 24.3 Å². The Morgan fingerprint density at radius 3 is 2.67 bits per heavy atom. The molecule has 2 N–H and O–H groups in total. The summed E-state index contributed by atoms with van der Waals surface area (Å²) in [7, 11) is 0. The Morgan fingerprint density at radius 1 is 1.29 bits per heavy atom. The number of fused-ring (bicyclic) bond motifs is 1. The van der Waals surface area contributed by atoms with E-state index in [1.807, 2.05) is 0 Å². The van der Waals surface area contributed by atoms with Gasteiger partial charge in [0.05, 0.1) is 17.6 Å². The molecule has 128 valence electrons. The highest BCUT2D eigenvalue weighted by Gasteiger charge is 2.22. The maximum Gasteiger partial charge on any atom is 0.272 e. The zero-order valence-corrected chi connectivity index (χ0v) is 13.9. The standard InChI is InChI=1S/C17H22N4O3/c1-11-9-21(10-12(2)24-11)8-7-18-17(23)15-13-5-3-4-6-14(13)16(22)20-19-15/h3-6,11-12H,7-10H2,1-2H3,(H,18,23)(H,20,22)/t11-,12-/m0/s1. The Morgan fingerprint density at radius 2 is 1.96 bits per heavy atom. The van der Waals surface area contributed by atoms with Crippen LogP contribution in [0.4, 0.5) is 0 Å². The second-order valence-electron chi connectivity index (χ2n) is 6.22. The van der Waals surface area contributed by atoms with E-state index in [0.29, 0.717) is 17.3 Å². The summed E-state index contributed by atoms with van der Waals surface area (Å²) in [4.78, 5) is 26.4. The number of amides is 1. The van der Waals surface area contributed by atoms with Crippen LogP contribution in [-0.4, -0.2) is 59.4 Å². The number of rotatable bonds is 4. The summed E-state index contributed by atoms with van der Waals surface area (Å²) in [6.07, 6.45) is 0.406. The van der Waals surface area contributed by atoms with E-state index >= 15 is 0 Å². The highest BCUT2D eigenvalue weighted by molar-refractivity contribution is 6.04. The highest BCUT2D eigenvalue weighted by Crippen LogP contribution is 2.12. The molecule has 1 aromatic carbocycles. The van der Waals surface area contributed by atoms with Gasteiger partial charge in [-0.15, -0.1) is 0 Å². The van der Waals surface area contributed by atoms with Gasteiger partial charge in [0.25, 0.3) is 11.5 Å². The number of benzene rings is 1. The molecule has 1 fully saturated rings. The van der Waals surface area contributed by atoms with Gasteiger partial charge < -0.3 is 10.1 Å². The molecule has 2 heterocycles. The zero-order valence-electron chi connectivity index (χ0n) is 13.9. The summed E-state index contributed by atoms with van der Waals surface area (Å²) in [5.41, 5.74) is -0.0487. The van der Waals surface area contributed by atoms with Crippen molar-refractivity contribution in [2.75, 3.05) is 26.2 Å². The molecule has 0 bridgehead atoms. The second kappa shape index (κ2) is 7.11. The van der Waals surface area contributed by atoms with Crippen molar-refractivity contribution in [2.45, 2.75) is 26.1 Å². The van der Waals surface area contributed by atoms with Crippen molar-refractivity contribution in [2.24, 2.45) is 0 Å². The molecule has 0 aliphatic carbocycles. The summed E-state index contributed by atoms with van der Waals surface area (Å²) < 4.78 is 5.70. The Hall–Kier alpha value is -2.25. The predicted molar refractivity (Wildman–Crippen MR) is 91.1 cm³/mol. The van der Waals surface area contributed by atoms with Gasteiger partial charge in [-0.25, -0.2) is 5.10 Å². The molecule has 7 nitrogen and oxygen atoms in total. The first kappa shape index (κ1) is 16.6. The fraction of sp³-hybridized carbons (Fsp3) is 0.471. The van der Waals surface area contributed by atoms with Crippen molar-refractivity contribution < 1.29 is 9.53 Å². The number of ether oxygens (including phenoxy) is 1. The maximum absolute atomic E-state index is 12.4. The molecule has 2 atom stereocenters. The average molecular weight is 330 g/mol. The number of hydrogen-bond donors (Lipinski definition) is 2. The molecule has 2 aromatic rings. The fourth-order valence-corrected chi connectivity index (χ4v) is 3.17. The largest absolute Gasteiger partial charge is 0.373 e. The van der Waals surface area contributed by atoms with Crippen LogP contribution in [-0.2, 0) is 4.74 Å². The van der Waals surface area contributed by atoms with Crippen LogP contribution in [0.15, 0.2) is 29.1 Å². The SMILES string of the molecule is C[C@H]1CN(CCNC(=O)c2n[nH]c(=O)c3ccccc23)C[C@H](C)O1. The Bertz CT molecular complexity index is 779. The molecule has 24 heavy (non-hydrogen) atoms. The lowest BCUT2D eigenvalue weighted by Crippen LogP contribution is -2.47. The van der Waals surface area contributed by atoms with Crippen molar-refractivity contribution in [1.29, 1.82) is 0 Å². The van der Waals surface area contributed by atoms with Gasteiger partial charge in [0.15, 0.2) is 5.69 Å². The number of nitrogens with one attached hydrogen (secondary N) is 2. The topological polar surface area (TPSA) is 87.3 Å². The third kappa shape index (κ3) is 3.63. The number of aromatic amines is 1. The van der Waals surface area contributed by atoms with Crippen molar-refractivity contribution in [3.8, 4) is 0 Å². The number of hydrogen-bond acceptors (Lipinski definition) is 5. The minimum atomic E-state index is -0.293. The number of carbonyl (C=O) groups excluding carboxylic acids is 1. The van der Waals surface area contributed by atoms with Crippen LogP contribution >= 0.6 is 0 Å². The normalized spacial score (nSPS) is 21.8.